The molecular formula is C26H29Cl4N5O2. The number of carbonyl (C=O) groups is 1. The van der Waals surface area contributed by atoms with Crippen molar-refractivity contribution in [1.82, 2.24) is 25.3 Å². The lowest BCUT2D eigenvalue weighted by molar-refractivity contribution is 0.0890. The number of aryl methyl sites for hydroxylation is 1. The number of furan rings is 1. The molecule has 1 aromatic carbocycles. The molecule has 7 nitrogen and oxygen atoms in total. The van der Waals surface area contributed by atoms with Crippen LogP contribution >= 0.6 is 46.4 Å². The van der Waals surface area contributed by atoms with Crippen LogP contribution in [0.5, 0.6) is 0 Å². The highest BCUT2D eigenvalue weighted by molar-refractivity contribution is 6.42. The fourth-order valence-corrected chi connectivity index (χ4v) is 6.21. The average molecular weight is 585 g/mol. The zero-order valence-electron chi connectivity index (χ0n) is 20.4. The molecule has 4 heterocycles. The molecule has 1 unspecified atom stereocenters. The molecule has 0 saturated carbocycles. The second-order valence-electron chi connectivity index (χ2n) is 9.80. The Hall–Kier alpha value is -1.74. The van der Waals surface area contributed by atoms with E-state index in [1.165, 1.54) is 32.1 Å². The average Bonchev–Trinajstić information content (AvgIpc) is 3.61. The molecule has 2 aliphatic rings. The summed E-state index contributed by atoms with van der Waals surface area (Å²) < 4.78 is 7.23. The van der Waals surface area contributed by atoms with E-state index >= 15 is 0 Å². The Labute approximate surface area is 236 Å². The summed E-state index contributed by atoms with van der Waals surface area (Å²) in [7, 11) is 1.75. The largest absolute Gasteiger partial charge is 0.439 e. The summed E-state index contributed by atoms with van der Waals surface area (Å²) in [6.45, 7) is 4.06. The van der Waals surface area contributed by atoms with E-state index in [-0.39, 0.29) is 28.8 Å². The SMILES string of the molecule is Cn1ncc(Cl)c1-c1cc(C(=O)N[C@@H]2CNC(CCN3CCCC3)C[C@H]2c2ccc(Cl)c(Cl)c2)oc1Cl. The van der Waals surface area contributed by atoms with Crippen LogP contribution in [0.4, 0.5) is 0 Å². The lowest BCUT2D eigenvalue weighted by atomic mass is 9.81. The van der Waals surface area contributed by atoms with Crippen molar-refractivity contribution in [3.05, 3.63) is 62.1 Å². The summed E-state index contributed by atoms with van der Waals surface area (Å²) in [5.41, 5.74) is 2.15. The number of nitrogens with zero attached hydrogens (tertiary/aromatic N) is 3. The molecule has 198 valence electrons. The highest BCUT2D eigenvalue weighted by atomic mass is 35.5. The second-order valence-corrected chi connectivity index (χ2v) is 11.4. The quantitative estimate of drug-likeness (QED) is 0.355. The molecule has 3 aromatic rings. The van der Waals surface area contributed by atoms with Gasteiger partial charge in [0, 0.05) is 37.7 Å². The summed E-state index contributed by atoms with van der Waals surface area (Å²) in [6.07, 6.45) is 6.01. The normalized spacial score (nSPS) is 22.5. The molecule has 0 spiro atoms. The number of benzene rings is 1. The minimum absolute atomic E-state index is 0.0555. The Balaban J connectivity index is 1.33. The van der Waals surface area contributed by atoms with Gasteiger partial charge >= 0.3 is 0 Å². The third-order valence-electron chi connectivity index (χ3n) is 7.39. The van der Waals surface area contributed by atoms with Gasteiger partial charge in [-0.25, -0.2) is 0 Å². The first-order valence-corrected chi connectivity index (χ1v) is 14.0. The lowest BCUT2D eigenvalue weighted by Crippen LogP contribution is -2.54. The maximum Gasteiger partial charge on any atom is 0.287 e. The number of rotatable bonds is 7. The van der Waals surface area contributed by atoms with Crippen molar-refractivity contribution in [3.8, 4) is 11.3 Å². The smallest absolute Gasteiger partial charge is 0.287 e. The Morgan fingerprint density at radius 3 is 2.62 bits per heavy atom. The summed E-state index contributed by atoms with van der Waals surface area (Å²) >= 11 is 25.2. The third-order valence-corrected chi connectivity index (χ3v) is 8.69. The first-order chi connectivity index (χ1) is 17.8. The van der Waals surface area contributed by atoms with Crippen molar-refractivity contribution >= 4 is 52.3 Å². The number of aromatic nitrogens is 2. The van der Waals surface area contributed by atoms with Crippen molar-refractivity contribution in [1.29, 1.82) is 0 Å². The van der Waals surface area contributed by atoms with Crippen LogP contribution in [0.25, 0.3) is 11.3 Å². The van der Waals surface area contributed by atoms with Crippen molar-refractivity contribution < 1.29 is 9.21 Å². The molecule has 5 rings (SSSR count). The van der Waals surface area contributed by atoms with Gasteiger partial charge in [0.15, 0.2) is 5.76 Å². The van der Waals surface area contributed by atoms with E-state index < -0.39 is 0 Å². The fraction of sp³-hybridized carbons (Fsp3) is 0.462. The van der Waals surface area contributed by atoms with Gasteiger partial charge in [-0.3, -0.25) is 9.48 Å². The van der Waals surface area contributed by atoms with Gasteiger partial charge in [-0.1, -0.05) is 40.9 Å². The summed E-state index contributed by atoms with van der Waals surface area (Å²) in [5, 5.41) is 12.5. The Morgan fingerprint density at radius 2 is 1.92 bits per heavy atom. The predicted molar refractivity (Wildman–Crippen MR) is 148 cm³/mol. The van der Waals surface area contributed by atoms with Crippen LogP contribution in [0, 0.1) is 0 Å². The van der Waals surface area contributed by atoms with Gasteiger partial charge in [-0.15, -0.1) is 0 Å². The van der Waals surface area contributed by atoms with Crippen LogP contribution in [0.1, 0.15) is 47.7 Å². The van der Waals surface area contributed by atoms with Gasteiger partial charge in [-0.2, -0.15) is 5.10 Å². The number of hydrogen-bond donors (Lipinski definition) is 2. The number of likely N-dealkylation sites (tertiary alicyclic amines) is 1. The molecule has 2 saturated heterocycles. The van der Waals surface area contributed by atoms with Crippen LogP contribution in [-0.2, 0) is 7.05 Å². The number of piperidine rings is 1. The molecule has 0 bridgehead atoms. The second kappa shape index (κ2) is 11.6. The molecule has 2 aromatic heterocycles. The van der Waals surface area contributed by atoms with Gasteiger partial charge in [0.05, 0.1) is 32.5 Å². The van der Waals surface area contributed by atoms with E-state index in [0.29, 0.717) is 38.9 Å². The van der Waals surface area contributed by atoms with E-state index in [4.69, 9.17) is 50.8 Å². The van der Waals surface area contributed by atoms with E-state index in [2.05, 4.69) is 20.6 Å². The monoisotopic (exact) mass is 583 g/mol. The molecule has 0 aliphatic carbocycles. The zero-order valence-corrected chi connectivity index (χ0v) is 23.5. The molecule has 2 N–H and O–H groups in total. The van der Waals surface area contributed by atoms with Crippen molar-refractivity contribution in [2.45, 2.75) is 43.7 Å². The molecule has 0 radical (unpaired) electrons. The van der Waals surface area contributed by atoms with E-state index in [1.54, 1.807) is 17.8 Å². The Kier molecular flexibility index (Phi) is 8.39. The molecule has 1 amide bonds. The first kappa shape index (κ1) is 26.9. The van der Waals surface area contributed by atoms with Gasteiger partial charge in [0.2, 0.25) is 5.22 Å². The summed E-state index contributed by atoms with van der Waals surface area (Å²) in [6, 6.07) is 7.47. The highest BCUT2D eigenvalue weighted by Gasteiger charge is 2.34. The standard InChI is InChI=1S/C26H29Cl4N5O2/c1-34-24(21(29)13-32-34)18-12-23(37-25(18)30)26(36)33-22-14-31-16(6-9-35-7-2-3-8-35)11-17(22)15-4-5-19(27)20(28)10-15/h4-5,10,12-13,16-17,22,31H,2-3,6-9,11,14H2,1H3,(H,33,36)/t16?,17-,22+/m0/s1. The molecular weight excluding hydrogens is 556 g/mol. The van der Waals surface area contributed by atoms with Gasteiger partial charge in [0.25, 0.3) is 5.91 Å². The first-order valence-electron chi connectivity index (χ1n) is 12.5. The molecule has 3 atom stereocenters. The van der Waals surface area contributed by atoms with Crippen molar-refractivity contribution in [3.63, 3.8) is 0 Å². The number of hydrogen-bond acceptors (Lipinski definition) is 5. The van der Waals surface area contributed by atoms with Crippen molar-refractivity contribution in [2.24, 2.45) is 7.05 Å². The predicted octanol–water partition coefficient (Wildman–Crippen LogP) is 6.02. The van der Waals surface area contributed by atoms with E-state index in [0.717, 1.165) is 24.9 Å². The maximum absolute atomic E-state index is 13.3. The number of amides is 1. The summed E-state index contributed by atoms with van der Waals surface area (Å²) in [5.74, 6) is -0.180. The Morgan fingerprint density at radius 1 is 1.14 bits per heavy atom. The summed E-state index contributed by atoms with van der Waals surface area (Å²) in [4.78, 5) is 15.8. The number of carbonyl (C=O) groups excluding carboxylic acids is 1. The van der Waals surface area contributed by atoms with Gasteiger partial charge in [-0.05, 0) is 74.6 Å². The molecule has 2 aliphatic heterocycles. The topological polar surface area (TPSA) is 75.3 Å². The molecule has 37 heavy (non-hydrogen) atoms. The van der Waals surface area contributed by atoms with Crippen LogP contribution in [0.3, 0.4) is 0 Å². The van der Waals surface area contributed by atoms with Crippen LogP contribution in [-0.4, -0.2) is 58.9 Å². The maximum atomic E-state index is 13.3. The Bertz CT molecular complexity index is 1250. The lowest BCUT2D eigenvalue weighted by Gasteiger charge is -2.38. The molecule has 2 fully saturated rings. The number of halogens is 4. The third kappa shape index (κ3) is 5.97. The minimum Gasteiger partial charge on any atom is -0.439 e. The van der Waals surface area contributed by atoms with Gasteiger partial charge in [0.1, 0.15) is 0 Å². The highest BCUT2D eigenvalue weighted by Crippen LogP contribution is 2.36. The van der Waals surface area contributed by atoms with E-state index in [1.807, 2.05) is 18.2 Å². The van der Waals surface area contributed by atoms with Gasteiger partial charge < -0.3 is 20.0 Å². The zero-order chi connectivity index (χ0) is 26.1. The minimum atomic E-state index is -0.348. The van der Waals surface area contributed by atoms with E-state index in [9.17, 15) is 4.79 Å². The fourth-order valence-electron chi connectivity index (χ4n) is 5.41. The van der Waals surface area contributed by atoms with Crippen molar-refractivity contribution in [2.75, 3.05) is 26.2 Å². The number of nitrogens with one attached hydrogen (secondary N) is 2. The van der Waals surface area contributed by atoms with Crippen LogP contribution < -0.4 is 10.6 Å². The van der Waals surface area contributed by atoms with Crippen LogP contribution in [0.15, 0.2) is 34.9 Å². The molecule has 11 heteroatoms. The van der Waals surface area contributed by atoms with Crippen LogP contribution in [0.2, 0.25) is 20.3 Å².